The molecule has 1 heterocycles. The van der Waals surface area contributed by atoms with Crippen LogP contribution in [-0.4, -0.2) is 37.8 Å². The highest BCUT2D eigenvalue weighted by atomic mass is 32.2. The van der Waals surface area contributed by atoms with E-state index in [1.807, 2.05) is 11.8 Å². The highest BCUT2D eigenvalue weighted by Gasteiger charge is 2.25. The van der Waals surface area contributed by atoms with Crippen LogP contribution in [0.5, 0.6) is 0 Å². The normalized spacial score (nSPS) is 27.0. The summed E-state index contributed by atoms with van der Waals surface area (Å²) in [5.74, 6) is 2.03. The number of ether oxygens (including phenoxy) is 1. The van der Waals surface area contributed by atoms with Gasteiger partial charge in [-0.15, -0.1) is 0 Å². The van der Waals surface area contributed by atoms with Crippen molar-refractivity contribution >= 4 is 11.8 Å². The predicted molar refractivity (Wildman–Crippen MR) is 64.0 cm³/mol. The summed E-state index contributed by atoms with van der Waals surface area (Å²) in [4.78, 5) is 0. The van der Waals surface area contributed by atoms with Crippen LogP contribution in [-0.2, 0) is 4.74 Å². The molecule has 2 nitrogen and oxygen atoms in total. The molecule has 1 rings (SSSR count). The fraction of sp³-hybridized carbons (Fsp3) is 1.00. The van der Waals surface area contributed by atoms with Crippen molar-refractivity contribution in [1.82, 2.24) is 5.32 Å². The summed E-state index contributed by atoms with van der Waals surface area (Å²) in [5, 5.41) is 3.53. The number of thioether (sulfide) groups is 1. The Morgan fingerprint density at radius 2 is 2.36 bits per heavy atom. The van der Waals surface area contributed by atoms with Gasteiger partial charge in [0, 0.05) is 13.2 Å². The van der Waals surface area contributed by atoms with Crippen LogP contribution in [0.3, 0.4) is 0 Å². The fourth-order valence-electron chi connectivity index (χ4n) is 2.01. The van der Waals surface area contributed by atoms with Crippen molar-refractivity contribution in [2.24, 2.45) is 5.92 Å². The van der Waals surface area contributed by atoms with E-state index in [0.29, 0.717) is 6.10 Å². The molecule has 84 valence electrons. The predicted octanol–water partition coefficient (Wildman–Crippen LogP) is 2.14. The van der Waals surface area contributed by atoms with Crippen molar-refractivity contribution in [1.29, 1.82) is 0 Å². The smallest absolute Gasteiger partial charge is 0.0613 e. The Balaban J connectivity index is 2.00. The molecule has 0 saturated carbocycles. The zero-order chi connectivity index (χ0) is 10.2. The summed E-state index contributed by atoms with van der Waals surface area (Å²) in [6.45, 7) is 5.49. The van der Waals surface area contributed by atoms with Gasteiger partial charge in [-0.25, -0.2) is 0 Å². The van der Waals surface area contributed by atoms with Gasteiger partial charge in [-0.1, -0.05) is 6.92 Å². The zero-order valence-electron chi connectivity index (χ0n) is 9.42. The van der Waals surface area contributed by atoms with E-state index in [0.717, 1.165) is 32.0 Å². The van der Waals surface area contributed by atoms with E-state index in [9.17, 15) is 0 Å². The van der Waals surface area contributed by atoms with Crippen LogP contribution in [0.15, 0.2) is 0 Å². The standard InChI is InChI=1S/C11H23NOS/c1-3-11-10(5-7-13-11)9-12-6-4-8-14-2/h10-12H,3-9H2,1-2H3. The van der Waals surface area contributed by atoms with E-state index in [2.05, 4.69) is 18.5 Å². The molecule has 1 N–H and O–H groups in total. The first kappa shape index (κ1) is 12.3. The minimum Gasteiger partial charge on any atom is -0.378 e. The average molecular weight is 217 g/mol. The van der Waals surface area contributed by atoms with Gasteiger partial charge >= 0.3 is 0 Å². The van der Waals surface area contributed by atoms with Crippen LogP contribution in [0.1, 0.15) is 26.2 Å². The SMILES string of the molecule is CCC1OCCC1CNCCCSC. The van der Waals surface area contributed by atoms with Crippen molar-refractivity contribution in [3.8, 4) is 0 Å². The summed E-state index contributed by atoms with van der Waals surface area (Å²) >= 11 is 1.92. The minimum atomic E-state index is 0.517. The molecule has 1 aliphatic rings. The Hall–Kier alpha value is 0.270. The van der Waals surface area contributed by atoms with Crippen LogP contribution in [0.2, 0.25) is 0 Å². The molecule has 1 saturated heterocycles. The molecule has 0 spiro atoms. The third kappa shape index (κ3) is 4.20. The Morgan fingerprint density at radius 1 is 1.50 bits per heavy atom. The van der Waals surface area contributed by atoms with Gasteiger partial charge in [0.15, 0.2) is 0 Å². The third-order valence-corrected chi connectivity index (χ3v) is 3.55. The number of hydrogen-bond acceptors (Lipinski definition) is 3. The van der Waals surface area contributed by atoms with Crippen LogP contribution < -0.4 is 5.32 Å². The third-order valence-electron chi connectivity index (χ3n) is 2.86. The molecular formula is C11H23NOS. The molecule has 0 aromatic carbocycles. The lowest BCUT2D eigenvalue weighted by atomic mass is 10.00. The van der Waals surface area contributed by atoms with Crippen LogP contribution in [0.4, 0.5) is 0 Å². The Bertz CT molecular complexity index is 143. The van der Waals surface area contributed by atoms with E-state index in [-0.39, 0.29) is 0 Å². The maximum absolute atomic E-state index is 5.65. The van der Waals surface area contributed by atoms with Gasteiger partial charge in [-0.3, -0.25) is 0 Å². The van der Waals surface area contributed by atoms with E-state index in [1.165, 1.54) is 18.6 Å². The number of nitrogens with one attached hydrogen (secondary N) is 1. The van der Waals surface area contributed by atoms with Gasteiger partial charge in [0.2, 0.25) is 0 Å². The lowest BCUT2D eigenvalue weighted by Gasteiger charge is -2.17. The highest BCUT2D eigenvalue weighted by molar-refractivity contribution is 7.98. The molecule has 0 amide bonds. The second kappa shape index (κ2) is 7.55. The second-order valence-electron chi connectivity index (χ2n) is 3.92. The Kier molecular flexibility index (Phi) is 6.65. The van der Waals surface area contributed by atoms with E-state index in [4.69, 9.17) is 4.74 Å². The lowest BCUT2D eigenvalue weighted by molar-refractivity contribution is 0.0873. The quantitative estimate of drug-likeness (QED) is 0.660. The average Bonchev–Trinajstić information content (AvgIpc) is 2.65. The summed E-state index contributed by atoms with van der Waals surface area (Å²) in [6, 6.07) is 0. The maximum atomic E-state index is 5.65. The van der Waals surface area contributed by atoms with Gasteiger partial charge in [-0.05, 0) is 43.7 Å². The van der Waals surface area contributed by atoms with E-state index < -0.39 is 0 Å². The lowest BCUT2D eigenvalue weighted by Crippen LogP contribution is -2.29. The zero-order valence-corrected chi connectivity index (χ0v) is 10.2. The molecule has 0 aliphatic carbocycles. The van der Waals surface area contributed by atoms with Gasteiger partial charge in [0.1, 0.15) is 0 Å². The van der Waals surface area contributed by atoms with Gasteiger partial charge in [0.25, 0.3) is 0 Å². The van der Waals surface area contributed by atoms with E-state index >= 15 is 0 Å². The summed E-state index contributed by atoms with van der Waals surface area (Å²) < 4.78 is 5.65. The Labute approximate surface area is 92.2 Å². The summed E-state index contributed by atoms with van der Waals surface area (Å²) in [7, 11) is 0. The molecule has 1 fully saturated rings. The molecule has 0 radical (unpaired) electrons. The molecular weight excluding hydrogens is 194 g/mol. The van der Waals surface area contributed by atoms with Gasteiger partial charge in [0.05, 0.1) is 6.10 Å². The van der Waals surface area contributed by atoms with Crippen molar-refractivity contribution in [3.05, 3.63) is 0 Å². The van der Waals surface area contributed by atoms with Crippen molar-refractivity contribution in [3.63, 3.8) is 0 Å². The van der Waals surface area contributed by atoms with E-state index in [1.54, 1.807) is 0 Å². The summed E-state index contributed by atoms with van der Waals surface area (Å²) in [5.41, 5.74) is 0. The molecule has 2 atom stereocenters. The number of hydrogen-bond donors (Lipinski definition) is 1. The molecule has 2 unspecified atom stereocenters. The largest absolute Gasteiger partial charge is 0.378 e. The maximum Gasteiger partial charge on any atom is 0.0613 e. The Morgan fingerprint density at radius 3 is 3.07 bits per heavy atom. The molecule has 14 heavy (non-hydrogen) atoms. The first-order chi connectivity index (χ1) is 6.88. The molecule has 1 aliphatic heterocycles. The van der Waals surface area contributed by atoms with Crippen LogP contribution >= 0.6 is 11.8 Å². The second-order valence-corrected chi connectivity index (χ2v) is 4.90. The highest BCUT2D eigenvalue weighted by Crippen LogP contribution is 2.22. The molecule has 3 heteroatoms. The van der Waals surface area contributed by atoms with Crippen molar-refractivity contribution < 1.29 is 4.74 Å². The molecule has 0 aromatic heterocycles. The molecule has 0 aromatic rings. The summed E-state index contributed by atoms with van der Waals surface area (Å²) in [6.07, 6.45) is 6.37. The van der Waals surface area contributed by atoms with Gasteiger partial charge in [-0.2, -0.15) is 11.8 Å². The topological polar surface area (TPSA) is 21.3 Å². The molecule has 0 bridgehead atoms. The van der Waals surface area contributed by atoms with Crippen LogP contribution in [0, 0.1) is 5.92 Å². The fourth-order valence-corrected chi connectivity index (χ4v) is 2.44. The first-order valence-corrected chi connectivity index (χ1v) is 7.09. The number of rotatable bonds is 7. The van der Waals surface area contributed by atoms with Crippen LogP contribution in [0.25, 0.3) is 0 Å². The van der Waals surface area contributed by atoms with Crippen molar-refractivity contribution in [2.75, 3.05) is 31.7 Å². The first-order valence-electron chi connectivity index (χ1n) is 5.69. The van der Waals surface area contributed by atoms with Gasteiger partial charge < -0.3 is 10.1 Å². The van der Waals surface area contributed by atoms with Crippen molar-refractivity contribution in [2.45, 2.75) is 32.3 Å². The monoisotopic (exact) mass is 217 g/mol. The minimum absolute atomic E-state index is 0.517.